The van der Waals surface area contributed by atoms with Crippen LogP contribution in [0.1, 0.15) is 11.5 Å². The first-order valence-electron chi connectivity index (χ1n) is 7.82. The van der Waals surface area contributed by atoms with Crippen molar-refractivity contribution in [2.24, 2.45) is 0 Å². The van der Waals surface area contributed by atoms with Gasteiger partial charge in [-0.3, -0.25) is 0 Å². The van der Waals surface area contributed by atoms with Crippen molar-refractivity contribution in [3.05, 3.63) is 83.2 Å². The molecule has 0 fully saturated rings. The normalized spacial score (nSPS) is 11.4. The van der Waals surface area contributed by atoms with Crippen LogP contribution in [-0.2, 0) is 0 Å². The Morgan fingerprint density at radius 2 is 1.72 bits per heavy atom. The summed E-state index contributed by atoms with van der Waals surface area (Å²) in [7, 11) is 0. The highest BCUT2D eigenvalue weighted by Crippen LogP contribution is 2.25. The van der Waals surface area contributed by atoms with Crippen LogP contribution in [-0.4, -0.2) is 10.1 Å². The van der Waals surface area contributed by atoms with Crippen molar-refractivity contribution in [3.8, 4) is 17.1 Å². The van der Waals surface area contributed by atoms with Gasteiger partial charge in [-0.2, -0.15) is 0 Å². The van der Waals surface area contributed by atoms with E-state index in [4.69, 9.17) is 16.0 Å². The highest BCUT2D eigenvalue weighted by Gasteiger charge is 2.04. The molecule has 0 radical (unpaired) electrons. The molecule has 2 heterocycles. The molecule has 0 saturated heterocycles. The van der Waals surface area contributed by atoms with Crippen molar-refractivity contribution < 1.29 is 9.52 Å². The predicted molar refractivity (Wildman–Crippen MR) is 101 cm³/mol. The second-order valence-corrected chi connectivity index (χ2v) is 6.06. The molecule has 0 aliphatic rings. The lowest BCUT2D eigenvalue weighted by Gasteiger charge is -2.01. The Kier molecular flexibility index (Phi) is 4.00. The van der Waals surface area contributed by atoms with Gasteiger partial charge < -0.3 is 9.52 Å². The van der Waals surface area contributed by atoms with E-state index in [9.17, 15) is 5.11 Å². The minimum atomic E-state index is 0.177. The van der Waals surface area contributed by atoms with Crippen molar-refractivity contribution in [2.75, 3.05) is 0 Å². The van der Waals surface area contributed by atoms with Gasteiger partial charge in [0.1, 0.15) is 22.8 Å². The molecule has 1 N–H and O–H groups in total. The number of nitrogens with zero attached hydrogens (tertiary/aromatic N) is 1. The Hall–Kier alpha value is -3.04. The Bertz CT molecular complexity index is 1060. The maximum Gasteiger partial charge on any atom is 0.141 e. The van der Waals surface area contributed by atoms with Gasteiger partial charge in [0.15, 0.2) is 0 Å². The van der Waals surface area contributed by atoms with Crippen LogP contribution >= 0.6 is 11.6 Å². The number of aromatic hydroxyl groups is 1. The topological polar surface area (TPSA) is 46.3 Å². The number of phenols is 1. The second kappa shape index (κ2) is 6.46. The summed E-state index contributed by atoms with van der Waals surface area (Å²) in [5, 5.41) is 11.5. The van der Waals surface area contributed by atoms with Crippen LogP contribution in [0.4, 0.5) is 0 Å². The molecule has 0 aliphatic heterocycles. The van der Waals surface area contributed by atoms with Crippen LogP contribution in [0.2, 0.25) is 5.02 Å². The third-order valence-electron chi connectivity index (χ3n) is 3.89. The molecule has 0 bridgehead atoms. The molecule has 0 amide bonds. The van der Waals surface area contributed by atoms with Gasteiger partial charge in [0.2, 0.25) is 0 Å². The van der Waals surface area contributed by atoms with Crippen molar-refractivity contribution >= 4 is 34.7 Å². The van der Waals surface area contributed by atoms with Crippen molar-refractivity contribution in [1.29, 1.82) is 0 Å². The number of rotatable bonds is 3. The second-order valence-electron chi connectivity index (χ2n) is 5.63. The summed E-state index contributed by atoms with van der Waals surface area (Å²) in [6.07, 6.45) is 3.71. The van der Waals surface area contributed by atoms with Gasteiger partial charge in [0, 0.05) is 16.0 Å². The number of pyridine rings is 1. The molecule has 3 nitrogen and oxygen atoms in total. The molecule has 4 heteroatoms. The van der Waals surface area contributed by atoms with E-state index in [0.29, 0.717) is 10.5 Å². The highest BCUT2D eigenvalue weighted by atomic mass is 35.5. The molecule has 0 atom stereocenters. The van der Waals surface area contributed by atoms with Gasteiger partial charge >= 0.3 is 0 Å². The molecule has 4 aromatic rings. The lowest BCUT2D eigenvalue weighted by Crippen LogP contribution is -1.83. The van der Waals surface area contributed by atoms with E-state index >= 15 is 0 Å². The number of furan rings is 1. The fourth-order valence-electron chi connectivity index (χ4n) is 2.62. The quantitative estimate of drug-likeness (QED) is 0.492. The van der Waals surface area contributed by atoms with Crippen molar-refractivity contribution in [1.82, 2.24) is 4.98 Å². The lowest BCUT2D eigenvalue weighted by atomic mass is 10.2. The average molecular weight is 348 g/mol. The van der Waals surface area contributed by atoms with E-state index in [1.54, 1.807) is 12.1 Å². The number of aromatic nitrogens is 1. The average Bonchev–Trinajstić information content (AvgIpc) is 3.10. The molecule has 2 aromatic heterocycles. The number of benzene rings is 2. The molecule has 4 rings (SSSR count). The first kappa shape index (κ1) is 15.5. The van der Waals surface area contributed by atoms with E-state index in [1.165, 1.54) is 0 Å². The summed E-state index contributed by atoms with van der Waals surface area (Å²) in [5.41, 5.74) is 2.31. The zero-order chi connectivity index (χ0) is 17.2. The molecular weight excluding hydrogens is 334 g/mol. The number of fused-ring (bicyclic) bond motifs is 1. The molecule has 0 spiro atoms. The van der Waals surface area contributed by atoms with E-state index < -0.39 is 0 Å². The summed E-state index contributed by atoms with van der Waals surface area (Å²) >= 11 is 5.91. The number of hydrogen-bond acceptors (Lipinski definition) is 3. The largest absolute Gasteiger partial charge is 0.506 e. The van der Waals surface area contributed by atoms with Crippen molar-refractivity contribution in [3.63, 3.8) is 0 Å². The minimum Gasteiger partial charge on any atom is -0.506 e. The number of halogens is 1. The van der Waals surface area contributed by atoms with E-state index in [1.807, 2.05) is 66.7 Å². The van der Waals surface area contributed by atoms with Gasteiger partial charge in [-0.25, -0.2) is 4.98 Å². The van der Waals surface area contributed by atoms with Gasteiger partial charge in [-0.15, -0.1) is 0 Å². The van der Waals surface area contributed by atoms with Gasteiger partial charge in [0.05, 0.1) is 5.69 Å². The standard InChI is InChI=1S/C21H14ClNO2/c22-16-7-4-14(5-8-16)20-13-12-18(25-20)11-10-17-9-6-15-2-1-3-19(24)21(15)23-17/h1-13,24H/b11-10+. The molecule has 122 valence electrons. The predicted octanol–water partition coefficient (Wildman–Crippen LogP) is 6.02. The van der Waals surface area contributed by atoms with Gasteiger partial charge in [-0.1, -0.05) is 29.8 Å². The van der Waals surface area contributed by atoms with Gasteiger partial charge in [0.25, 0.3) is 0 Å². The SMILES string of the molecule is Oc1cccc2ccc(/C=C/c3ccc(-c4ccc(Cl)cc4)o3)nc12. The Morgan fingerprint density at radius 1 is 0.880 bits per heavy atom. The first-order valence-corrected chi connectivity index (χ1v) is 8.19. The number of phenolic OH excluding ortho intramolecular Hbond substituents is 1. The molecular formula is C21H14ClNO2. The smallest absolute Gasteiger partial charge is 0.141 e. The van der Waals surface area contributed by atoms with Crippen molar-refractivity contribution in [2.45, 2.75) is 0 Å². The summed E-state index contributed by atoms with van der Waals surface area (Å²) in [6.45, 7) is 0. The molecule has 25 heavy (non-hydrogen) atoms. The maximum absolute atomic E-state index is 9.92. The summed E-state index contributed by atoms with van der Waals surface area (Å²) < 4.78 is 5.84. The zero-order valence-corrected chi connectivity index (χ0v) is 13.9. The van der Waals surface area contributed by atoms with Crippen LogP contribution in [0.5, 0.6) is 5.75 Å². The third kappa shape index (κ3) is 3.28. The zero-order valence-electron chi connectivity index (χ0n) is 13.2. The minimum absolute atomic E-state index is 0.177. The van der Waals surface area contributed by atoms with Crippen LogP contribution in [0.25, 0.3) is 34.4 Å². The Labute approximate surface area is 149 Å². The fourth-order valence-corrected chi connectivity index (χ4v) is 2.74. The number of hydrogen-bond donors (Lipinski definition) is 1. The van der Waals surface area contributed by atoms with Crippen LogP contribution < -0.4 is 0 Å². The molecule has 0 aliphatic carbocycles. The van der Waals surface area contributed by atoms with Crippen LogP contribution in [0.15, 0.2) is 71.1 Å². The summed E-state index contributed by atoms with van der Waals surface area (Å²) in [5.74, 6) is 1.68. The van der Waals surface area contributed by atoms with Crippen LogP contribution in [0, 0.1) is 0 Å². The molecule has 2 aromatic carbocycles. The first-order chi connectivity index (χ1) is 12.2. The Balaban J connectivity index is 1.60. The third-order valence-corrected chi connectivity index (χ3v) is 4.15. The molecule has 0 unspecified atom stereocenters. The Morgan fingerprint density at radius 3 is 2.56 bits per heavy atom. The molecule has 0 saturated carbocycles. The maximum atomic E-state index is 9.92. The highest BCUT2D eigenvalue weighted by molar-refractivity contribution is 6.30. The fraction of sp³-hybridized carbons (Fsp3) is 0. The lowest BCUT2D eigenvalue weighted by molar-refractivity contribution is 0.480. The van der Waals surface area contributed by atoms with E-state index in [-0.39, 0.29) is 5.75 Å². The van der Waals surface area contributed by atoms with Gasteiger partial charge in [-0.05, 0) is 60.7 Å². The van der Waals surface area contributed by atoms with Crippen LogP contribution in [0.3, 0.4) is 0 Å². The summed E-state index contributed by atoms with van der Waals surface area (Å²) in [4.78, 5) is 4.47. The number of para-hydroxylation sites is 1. The summed E-state index contributed by atoms with van der Waals surface area (Å²) in [6, 6.07) is 20.5. The van der Waals surface area contributed by atoms with E-state index in [2.05, 4.69) is 4.98 Å². The van der Waals surface area contributed by atoms with E-state index in [0.717, 1.165) is 28.2 Å². The monoisotopic (exact) mass is 347 g/mol.